The summed E-state index contributed by atoms with van der Waals surface area (Å²) in [6.45, 7) is 4.31. The van der Waals surface area contributed by atoms with Crippen molar-refractivity contribution in [3.8, 4) is 0 Å². The third-order valence-electron chi connectivity index (χ3n) is 5.53. The van der Waals surface area contributed by atoms with Gasteiger partial charge in [0, 0.05) is 12.1 Å². The molecule has 0 saturated heterocycles. The lowest BCUT2D eigenvalue weighted by molar-refractivity contribution is -0.128. The minimum Gasteiger partial charge on any atom is -0.394 e. The number of aliphatic hydroxyl groups excluding tert-OH is 1. The van der Waals surface area contributed by atoms with Gasteiger partial charge < -0.3 is 15.3 Å². The molecule has 28 heavy (non-hydrogen) atoms. The van der Waals surface area contributed by atoms with Crippen LogP contribution in [0.1, 0.15) is 41.8 Å². The maximum Gasteiger partial charge on any atom is 0.255 e. The number of carbonyl (C=O) groups is 2. The van der Waals surface area contributed by atoms with E-state index in [4.69, 9.17) is 0 Å². The van der Waals surface area contributed by atoms with Gasteiger partial charge in [0.2, 0.25) is 5.91 Å². The average Bonchev–Trinajstić information content (AvgIpc) is 3.04. The number of hydrogen-bond donors (Lipinski definition) is 2. The molecule has 5 heteroatoms. The Morgan fingerprint density at radius 2 is 1.82 bits per heavy atom. The Balaban J connectivity index is 1.76. The molecule has 0 aliphatic carbocycles. The van der Waals surface area contributed by atoms with Crippen molar-refractivity contribution in [1.29, 1.82) is 0 Å². The lowest BCUT2D eigenvalue weighted by atomic mass is 9.96. The summed E-state index contributed by atoms with van der Waals surface area (Å²) >= 11 is 0. The van der Waals surface area contributed by atoms with Crippen molar-refractivity contribution in [1.82, 2.24) is 10.2 Å². The van der Waals surface area contributed by atoms with Crippen molar-refractivity contribution in [2.45, 2.75) is 45.3 Å². The number of carbonyl (C=O) groups excluding carboxylic acids is 2. The molecule has 148 valence electrons. The van der Waals surface area contributed by atoms with E-state index in [0.717, 1.165) is 17.5 Å². The highest BCUT2D eigenvalue weighted by molar-refractivity contribution is 6.01. The van der Waals surface area contributed by atoms with Crippen LogP contribution in [0, 0.1) is 5.92 Å². The first-order chi connectivity index (χ1) is 13.5. The maximum atomic E-state index is 13.2. The first-order valence-electron chi connectivity index (χ1n) is 9.89. The average molecular weight is 380 g/mol. The van der Waals surface area contributed by atoms with Crippen molar-refractivity contribution in [3.63, 3.8) is 0 Å². The van der Waals surface area contributed by atoms with Gasteiger partial charge in [-0.3, -0.25) is 9.59 Å². The fraction of sp³-hybridized carbons (Fsp3) is 0.391. The second kappa shape index (κ2) is 9.02. The summed E-state index contributed by atoms with van der Waals surface area (Å²) in [4.78, 5) is 27.7. The smallest absolute Gasteiger partial charge is 0.255 e. The van der Waals surface area contributed by atoms with Gasteiger partial charge in [-0.15, -0.1) is 0 Å². The first kappa shape index (κ1) is 20.1. The monoisotopic (exact) mass is 380 g/mol. The van der Waals surface area contributed by atoms with Crippen LogP contribution in [0.15, 0.2) is 54.6 Å². The number of aliphatic hydroxyl groups is 1. The van der Waals surface area contributed by atoms with Gasteiger partial charge in [0.05, 0.1) is 12.6 Å². The van der Waals surface area contributed by atoms with Gasteiger partial charge in [-0.1, -0.05) is 68.8 Å². The molecule has 5 nitrogen and oxygen atoms in total. The Morgan fingerprint density at radius 1 is 1.14 bits per heavy atom. The molecule has 2 N–H and O–H groups in total. The number of benzene rings is 2. The number of rotatable bonds is 8. The van der Waals surface area contributed by atoms with Crippen LogP contribution in [-0.4, -0.2) is 40.5 Å². The van der Waals surface area contributed by atoms with Crippen LogP contribution in [0.25, 0.3) is 0 Å². The number of hydrogen-bond acceptors (Lipinski definition) is 3. The van der Waals surface area contributed by atoms with Gasteiger partial charge in [-0.2, -0.15) is 0 Å². The molecule has 0 fully saturated rings. The lowest BCUT2D eigenvalue weighted by Gasteiger charge is -2.32. The highest BCUT2D eigenvalue weighted by atomic mass is 16.3. The molecule has 0 radical (unpaired) electrons. The second-order valence-electron chi connectivity index (χ2n) is 7.50. The Labute approximate surface area is 166 Å². The van der Waals surface area contributed by atoms with Crippen LogP contribution >= 0.6 is 0 Å². The van der Waals surface area contributed by atoms with E-state index in [1.165, 1.54) is 0 Å². The van der Waals surface area contributed by atoms with E-state index in [-0.39, 0.29) is 30.4 Å². The summed E-state index contributed by atoms with van der Waals surface area (Å²) in [5.41, 5.74) is 2.68. The predicted octanol–water partition coefficient (Wildman–Crippen LogP) is 2.78. The Bertz CT molecular complexity index is 822. The molecule has 0 saturated carbocycles. The van der Waals surface area contributed by atoms with E-state index in [9.17, 15) is 14.7 Å². The predicted molar refractivity (Wildman–Crippen MR) is 109 cm³/mol. The first-order valence-corrected chi connectivity index (χ1v) is 9.89. The molecule has 2 aromatic carbocycles. The Morgan fingerprint density at radius 3 is 2.46 bits per heavy atom. The minimum absolute atomic E-state index is 0.00864. The van der Waals surface area contributed by atoms with E-state index >= 15 is 0 Å². The van der Waals surface area contributed by atoms with Crippen LogP contribution in [0.2, 0.25) is 0 Å². The van der Waals surface area contributed by atoms with E-state index in [1.807, 2.05) is 68.4 Å². The molecule has 1 aliphatic heterocycles. The van der Waals surface area contributed by atoms with Gasteiger partial charge in [-0.05, 0) is 29.5 Å². The summed E-state index contributed by atoms with van der Waals surface area (Å²) in [5, 5.41) is 12.7. The quantitative estimate of drug-likeness (QED) is 0.740. The molecule has 3 unspecified atom stereocenters. The molecule has 0 bridgehead atoms. The molecule has 3 rings (SSSR count). The number of nitrogens with zero attached hydrogens (tertiary/aromatic N) is 1. The van der Waals surface area contributed by atoms with E-state index in [0.29, 0.717) is 18.5 Å². The van der Waals surface area contributed by atoms with Crippen molar-refractivity contribution in [2.24, 2.45) is 5.92 Å². The largest absolute Gasteiger partial charge is 0.394 e. The van der Waals surface area contributed by atoms with Crippen LogP contribution < -0.4 is 5.32 Å². The van der Waals surface area contributed by atoms with Crippen molar-refractivity contribution < 1.29 is 14.7 Å². The molecule has 3 atom stereocenters. The molecular weight excluding hydrogens is 352 g/mol. The molecular formula is C23H28N2O3. The van der Waals surface area contributed by atoms with Crippen LogP contribution in [-0.2, 0) is 17.8 Å². The maximum absolute atomic E-state index is 13.2. The molecule has 2 amide bonds. The summed E-state index contributed by atoms with van der Waals surface area (Å²) in [6.07, 6.45) is 1.32. The van der Waals surface area contributed by atoms with Crippen molar-refractivity contribution >= 4 is 11.8 Å². The standard InChI is InChI=1S/C23H28N2O3/c1-3-16(2)21(25-14-18-11-7-8-12-20(18)23(25)28)22(27)24-19(15-26)13-17-9-5-4-6-10-17/h4-12,16,19,21,26H,3,13-15H2,1-2H3,(H,24,27). The fourth-order valence-electron chi connectivity index (χ4n) is 3.78. The topological polar surface area (TPSA) is 69.6 Å². The Hall–Kier alpha value is -2.66. The summed E-state index contributed by atoms with van der Waals surface area (Å²) in [5.74, 6) is -0.292. The highest BCUT2D eigenvalue weighted by Crippen LogP contribution is 2.28. The summed E-state index contributed by atoms with van der Waals surface area (Å²) < 4.78 is 0. The molecule has 1 aliphatic rings. The van der Waals surface area contributed by atoms with Gasteiger partial charge in [-0.25, -0.2) is 0 Å². The number of amides is 2. The Kier molecular flexibility index (Phi) is 6.47. The van der Waals surface area contributed by atoms with Gasteiger partial charge in [0.25, 0.3) is 5.91 Å². The van der Waals surface area contributed by atoms with E-state index in [2.05, 4.69) is 5.32 Å². The van der Waals surface area contributed by atoms with E-state index in [1.54, 1.807) is 4.90 Å². The fourth-order valence-corrected chi connectivity index (χ4v) is 3.78. The molecule has 2 aromatic rings. The van der Waals surface area contributed by atoms with Crippen LogP contribution in [0.5, 0.6) is 0 Å². The zero-order valence-corrected chi connectivity index (χ0v) is 16.5. The van der Waals surface area contributed by atoms with Crippen molar-refractivity contribution in [3.05, 3.63) is 71.3 Å². The van der Waals surface area contributed by atoms with Crippen LogP contribution in [0.4, 0.5) is 0 Å². The summed E-state index contributed by atoms with van der Waals surface area (Å²) in [6, 6.07) is 16.3. The lowest BCUT2D eigenvalue weighted by Crippen LogP contribution is -2.53. The number of nitrogens with one attached hydrogen (secondary N) is 1. The van der Waals surface area contributed by atoms with Gasteiger partial charge in [0.1, 0.15) is 6.04 Å². The highest BCUT2D eigenvalue weighted by Gasteiger charge is 2.39. The molecule has 0 aromatic heterocycles. The van der Waals surface area contributed by atoms with Crippen LogP contribution in [0.3, 0.4) is 0 Å². The van der Waals surface area contributed by atoms with Gasteiger partial charge in [0.15, 0.2) is 0 Å². The SMILES string of the molecule is CCC(C)C(C(=O)NC(CO)Cc1ccccc1)N1Cc2ccccc2C1=O. The normalized spacial score (nSPS) is 16.4. The van der Waals surface area contributed by atoms with Gasteiger partial charge >= 0.3 is 0 Å². The molecule has 0 spiro atoms. The zero-order valence-electron chi connectivity index (χ0n) is 16.5. The third kappa shape index (κ3) is 4.25. The minimum atomic E-state index is -0.560. The molecule has 1 heterocycles. The van der Waals surface area contributed by atoms with E-state index < -0.39 is 6.04 Å². The summed E-state index contributed by atoms with van der Waals surface area (Å²) in [7, 11) is 0. The van der Waals surface area contributed by atoms with Crippen molar-refractivity contribution in [2.75, 3.05) is 6.61 Å². The number of fused-ring (bicyclic) bond motifs is 1. The second-order valence-corrected chi connectivity index (χ2v) is 7.50. The zero-order chi connectivity index (χ0) is 20.1. The third-order valence-corrected chi connectivity index (χ3v) is 5.53.